The second-order valence-electron chi connectivity index (χ2n) is 11.3. The molecule has 1 saturated heterocycles. The number of nitrogens with one attached hydrogen (secondary N) is 2. The van der Waals surface area contributed by atoms with Crippen LogP contribution < -0.4 is 10.6 Å². The second-order valence-corrected chi connectivity index (χ2v) is 11.3. The predicted molar refractivity (Wildman–Crippen MR) is 168 cm³/mol. The van der Waals surface area contributed by atoms with Gasteiger partial charge in [-0.15, -0.1) is 0 Å². The standard InChI is InChI=1S/C32H35FN10/c1-5-7-25(21-10-20(11-23(33)12-21)8-6-9-42(3)4)29-19(2)37-32(39-29)30-26-13-22(14-36-31(26)41-40-30)27-15-35-16-28(38-27)43-17-24(34)18-43/h5,7,10-16,24H,1,6,8-9,17-18,34H2,2-4H3,(H,37,39)(H,36,40,41)/b25-7-. The van der Waals surface area contributed by atoms with Crippen molar-refractivity contribution in [3.05, 3.63) is 89.9 Å². The maximum Gasteiger partial charge on any atom is 0.181 e. The molecule has 4 N–H and O–H groups in total. The Labute approximate surface area is 249 Å². The first-order chi connectivity index (χ1) is 20.8. The number of benzene rings is 1. The number of pyridine rings is 1. The van der Waals surface area contributed by atoms with E-state index in [2.05, 4.69) is 41.5 Å². The number of nitrogens with zero attached hydrogens (tertiary/aromatic N) is 7. The van der Waals surface area contributed by atoms with Crippen LogP contribution in [0.25, 0.3) is 39.4 Å². The zero-order chi connectivity index (χ0) is 30.1. The molecule has 0 aliphatic carbocycles. The first-order valence-corrected chi connectivity index (χ1v) is 14.3. The number of anilines is 1. The van der Waals surface area contributed by atoms with Gasteiger partial charge < -0.3 is 20.5 Å². The number of rotatable bonds is 10. The molecule has 1 aliphatic heterocycles. The zero-order valence-electron chi connectivity index (χ0n) is 24.6. The lowest BCUT2D eigenvalue weighted by atomic mass is 9.97. The summed E-state index contributed by atoms with van der Waals surface area (Å²) in [6, 6.07) is 7.33. The Bertz CT molecular complexity index is 1810. The minimum absolute atomic E-state index is 0.163. The Morgan fingerprint density at radius 1 is 1.16 bits per heavy atom. The summed E-state index contributed by atoms with van der Waals surface area (Å²) in [4.78, 5) is 26.3. The van der Waals surface area contributed by atoms with Crippen molar-refractivity contribution >= 4 is 22.4 Å². The van der Waals surface area contributed by atoms with E-state index >= 15 is 0 Å². The molecule has 0 spiro atoms. The summed E-state index contributed by atoms with van der Waals surface area (Å²) in [6.45, 7) is 8.31. The number of fused-ring (bicyclic) bond motifs is 1. The van der Waals surface area contributed by atoms with Gasteiger partial charge in [0.15, 0.2) is 11.5 Å². The third-order valence-electron chi connectivity index (χ3n) is 7.56. The number of aromatic amines is 2. The predicted octanol–water partition coefficient (Wildman–Crippen LogP) is 4.51. The molecule has 5 heterocycles. The average Bonchev–Trinajstić information content (AvgIpc) is 3.56. The fraction of sp³-hybridized carbons (Fsp3) is 0.281. The molecule has 0 amide bonds. The Kier molecular flexibility index (Phi) is 7.83. The number of imidazole rings is 1. The van der Waals surface area contributed by atoms with Crippen LogP contribution >= 0.6 is 0 Å². The molecular weight excluding hydrogens is 543 g/mol. The number of aromatic nitrogens is 7. The van der Waals surface area contributed by atoms with Crippen molar-refractivity contribution in [1.29, 1.82) is 0 Å². The molecule has 0 bridgehead atoms. The van der Waals surface area contributed by atoms with Crippen molar-refractivity contribution in [3.8, 4) is 22.8 Å². The van der Waals surface area contributed by atoms with E-state index < -0.39 is 0 Å². The Morgan fingerprint density at radius 2 is 2.00 bits per heavy atom. The number of aryl methyl sites for hydroxylation is 2. The molecule has 0 atom stereocenters. The van der Waals surface area contributed by atoms with E-state index in [1.165, 1.54) is 0 Å². The molecule has 0 unspecified atom stereocenters. The number of hydrogen-bond acceptors (Lipinski definition) is 8. The van der Waals surface area contributed by atoms with Crippen molar-refractivity contribution in [2.75, 3.05) is 38.6 Å². The smallest absolute Gasteiger partial charge is 0.181 e. The fourth-order valence-corrected chi connectivity index (χ4v) is 5.39. The number of halogens is 1. The van der Waals surface area contributed by atoms with Crippen LogP contribution in [0.5, 0.6) is 0 Å². The van der Waals surface area contributed by atoms with Gasteiger partial charge in [-0.25, -0.2) is 19.3 Å². The molecule has 5 aromatic rings. The number of H-pyrrole nitrogens is 2. The van der Waals surface area contributed by atoms with Crippen LogP contribution in [0, 0.1) is 12.7 Å². The normalized spacial score (nSPS) is 14.1. The SMILES string of the molecule is C=C/C=C(/c1cc(F)cc(CCCN(C)C)c1)c1nc(-c2[nH]nc3ncc(-c4cncc(N5CC(N)C5)n4)cc23)[nH]c1C. The molecule has 4 aromatic heterocycles. The Balaban J connectivity index is 1.34. The molecule has 0 saturated carbocycles. The molecule has 11 heteroatoms. The first kappa shape index (κ1) is 28.4. The average molecular weight is 579 g/mol. The molecular formula is C32H35FN10. The molecule has 43 heavy (non-hydrogen) atoms. The van der Waals surface area contributed by atoms with Crippen LogP contribution in [0.15, 0.2) is 61.6 Å². The van der Waals surface area contributed by atoms with Gasteiger partial charge >= 0.3 is 0 Å². The van der Waals surface area contributed by atoms with Crippen molar-refractivity contribution in [3.63, 3.8) is 0 Å². The van der Waals surface area contributed by atoms with Crippen LogP contribution in [0.4, 0.5) is 10.2 Å². The van der Waals surface area contributed by atoms with E-state index in [9.17, 15) is 4.39 Å². The van der Waals surface area contributed by atoms with E-state index in [0.29, 0.717) is 28.6 Å². The van der Waals surface area contributed by atoms with Gasteiger partial charge in [-0.1, -0.05) is 24.8 Å². The van der Waals surface area contributed by atoms with Gasteiger partial charge in [-0.3, -0.25) is 10.1 Å². The van der Waals surface area contributed by atoms with Crippen molar-refractivity contribution in [2.45, 2.75) is 25.8 Å². The fourth-order valence-electron chi connectivity index (χ4n) is 5.39. The van der Waals surface area contributed by atoms with Crippen molar-refractivity contribution in [1.82, 2.24) is 40.0 Å². The van der Waals surface area contributed by atoms with Crippen LogP contribution in [-0.4, -0.2) is 79.8 Å². The number of nitrogens with two attached hydrogens (primary N) is 1. The van der Waals surface area contributed by atoms with Crippen LogP contribution in [0.3, 0.4) is 0 Å². The summed E-state index contributed by atoms with van der Waals surface area (Å²) < 4.78 is 14.8. The van der Waals surface area contributed by atoms with Gasteiger partial charge in [0.25, 0.3) is 0 Å². The van der Waals surface area contributed by atoms with Crippen LogP contribution in [0.2, 0.25) is 0 Å². The third-order valence-corrected chi connectivity index (χ3v) is 7.56. The summed E-state index contributed by atoms with van der Waals surface area (Å²) >= 11 is 0. The van der Waals surface area contributed by atoms with Gasteiger partial charge in [-0.05, 0) is 69.7 Å². The van der Waals surface area contributed by atoms with E-state index in [1.54, 1.807) is 36.8 Å². The van der Waals surface area contributed by atoms with Crippen LogP contribution in [0.1, 0.15) is 28.9 Å². The summed E-state index contributed by atoms with van der Waals surface area (Å²) in [5, 5.41) is 8.30. The van der Waals surface area contributed by atoms with Gasteiger partial charge in [0.1, 0.15) is 17.3 Å². The molecule has 220 valence electrons. The van der Waals surface area contributed by atoms with Crippen molar-refractivity contribution < 1.29 is 4.39 Å². The highest BCUT2D eigenvalue weighted by Crippen LogP contribution is 2.32. The minimum atomic E-state index is -0.275. The van der Waals surface area contributed by atoms with Crippen molar-refractivity contribution in [2.24, 2.45) is 5.73 Å². The van der Waals surface area contributed by atoms with Gasteiger partial charge in [-0.2, -0.15) is 5.10 Å². The molecule has 1 aliphatic rings. The third kappa shape index (κ3) is 5.95. The van der Waals surface area contributed by atoms with E-state index in [4.69, 9.17) is 15.7 Å². The lowest BCUT2D eigenvalue weighted by Crippen LogP contribution is -2.56. The minimum Gasteiger partial charge on any atom is -0.352 e. The monoisotopic (exact) mass is 578 g/mol. The molecule has 1 aromatic carbocycles. The molecule has 6 rings (SSSR count). The number of allylic oxidation sites excluding steroid dienone is 2. The zero-order valence-corrected chi connectivity index (χ0v) is 24.6. The first-order valence-electron chi connectivity index (χ1n) is 14.3. The maximum absolute atomic E-state index is 14.8. The summed E-state index contributed by atoms with van der Waals surface area (Å²) in [6.07, 6.45) is 10.5. The summed E-state index contributed by atoms with van der Waals surface area (Å²) in [5.41, 5.74) is 12.7. The largest absolute Gasteiger partial charge is 0.352 e. The Hall–Kier alpha value is -4.74. The highest BCUT2D eigenvalue weighted by Gasteiger charge is 2.25. The molecule has 1 fully saturated rings. The van der Waals surface area contributed by atoms with Crippen LogP contribution in [-0.2, 0) is 6.42 Å². The molecule has 10 nitrogen and oxygen atoms in total. The van der Waals surface area contributed by atoms with E-state index in [1.807, 2.05) is 39.2 Å². The van der Waals surface area contributed by atoms with E-state index in [0.717, 1.165) is 71.6 Å². The van der Waals surface area contributed by atoms with Gasteiger partial charge in [0.2, 0.25) is 0 Å². The molecule has 0 radical (unpaired) electrons. The lowest BCUT2D eigenvalue weighted by molar-refractivity contribution is 0.400. The van der Waals surface area contributed by atoms with E-state index in [-0.39, 0.29) is 11.9 Å². The van der Waals surface area contributed by atoms with Gasteiger partial charge in [0, 0.05) is 42.2 Å². The quantitative estimate of drug-likeness (QED) is 0.207. The topological polar surface area (TPSA) is 129 Å². The number of hydrogen-bond donors (Lipinski definition) is 3. The highest BCUT2D eigenvalue weighted by molar-refractivity contribution is 5.92. The highest BCUT2D eigenvalue weighted by atomic mass is 19.1. The maximum atomic E-state index is 14.8. The summed E-state index contributed by atoms with van der Waals surface area (Å²) in [7, 11) is 4.08. The second kappa shape index (κ2) is 11.9. The van der Waals surface area contributed by atoms with Gasteiger partial charge in [0.05, 0.1) is 29.2 Å². The lowest BCUT2D eigenvalue weighted by Gasteiger charge is -2.37. The summed E-state index contributed by atoms with van der Waals surface area (Å²) in [5.74, 6) is 1.11. The Morgan fingerprint density at radius 3 is 2.77 bits per heavy atom.